The molecule has 1 aliphatic rings. The fourth-order valence-corrected chi connectivity index (χ4v) is 1.77. The number of hydrogen-bond acceptors (Lipinski definition) is 5. The first-order valence-corrected chi connectivity index (χ1v) is 5.82. The molecule has 1 atom stereocenters. The van der Waals surface area contributed by atoms with E-state index in [1.807, 2.05) is 4.90 Å². The number of hydrogen-bond donors (Lipinski definition) is 0. The summed E-state index contributed by atoms with van der Waals surface area (Å²) in [6, 6.07) is -0.566. The molecule has 0 aliphatic carbocycles. The van der Waals surface area contributed by atoms with Crippen molar-refractivity contribution in [3.63, 3.8) is 0 Å². The molecular weight excluding hydrogens is 226 g/mol. The van der Waals surface area contributed by atoms with Crippen molar-refractivity contribution < 1.29 is 14.5 Å². The van der Waals surface area contributed by atoms with Gasteiger partial charge in [-0.05, 0) is 6.92 Å². The molecule has 98 valence electrons. The average molecular weight is 245 g/mol. The van der Waals surface area contributed by atoms with Crippen LogP contribution in [-0.4, -0.2) is 66.2 Å². The van der Waals surface area contributed by atoms with E-state index < -0.39 is 6.04 Å². The van der Waals surface area contributed by atoms with Crippen molar-refractivity contribution in [2.45, 2.75) is 19.9 Å². The highest BCUT2D eigenvalue weighted by Gasteiger charge is 2.25. The number of carbonyl (C=O) groups is 1. The summed E-state index contributed by atoms with van der Waals surface area (Å²) < 4.78 is 4.90. The Morgan fingerprint density at radius 2 is 2.00 bits per heavy atom. The van der Waals surface area contributed by atoms with E-state index in [2.05, 4.69) is 0 Å². The second-order valence-corrected chi connectivity index (χ2v) is 4.12. The van der Waals surface area contributed by atoms with E-state index in [0.29, 0.717) is 39.3 Å². The number of ether oxygens (including phenoxy) is 1. The second kappa shape index (κ2) is 6.39. The molecule has 0 aromatic carbocycles. The quantitative estimate of drug-likeness (QED) is 0.530. The first kappa shape index (κ1) is 13.7. The molecule has 1 rings (SSSR count). The van der Waals surface area contributed by atoms with E-state index in [1.54, 1.807) is 18.7 Å². The number of nitro groups is 1. The summed E-state index contributed by atoms with van der Waals surface area (Å²) in [7, 11) is 0. The number of carbonyl (C=O) groups excluding carboxylic acids is 1. The molecule has 7 nitrogen and oxygen atoms in total. The molecule has 1 fully saturated rings. The van der Waals surface area contributed by atoms with E-state index in [0.717, 1.165) is 0 Å². The van der Waals surface area contributed by atoms with Gasteiger partial charge in [0.05, 0.1) is 13.2 Å². The maximum absolute atomic E-state index is 11.4. The lowest BCUT2D eigenvalue weighted by Gasteiger charge is -2.33. The topological polar surface area (TPSA) is 75.9 Å². The summed E-state index contributed by atoms with van der Waals surface area (Å²) in [5.74, 6) is 0. The summed E-state index contributed by atoms with van der Waals surface area (Å²) in [6.07, 6.45) is -0.297. The average Bonchev–Trinajstić information content (AvgIpc) is 2.30. The Kier molecular flexibility index (Phi) is 5.14. The van der Waals surface area contributed by atoms with E-state index >= 15 is 0 Å². The normalized spacial score (nSPS) is 18.8. The lowest BCUT2D eigenvalue weighted by atomic mass is 10.2. The van der Waals surface area contributed by atoms with Crippen LogP contribution in [0.1, 0.15) is 13.8 Å². The van der Waals surface area contributed by atoms with Gasteiger partial charge in [-0.15, -0.1) is 0 Å². The van der Waals surface area contributed by atoms with Crippen LogP contribution in [0.2, 0.25) is 0 Å². The minimum Gasteiger partial charge on any atom is -0.450 e. The molecule has 1 heterocycles. The van der Waals surface area contributed by atoms with Gasteiger partial charge in [0.15, 0.2) is 0 Å². The molecule has 0 aromatic heterocycles. The molecule has 0 bridgehead atoms. The Labute approximate surface area is 100 Å². The molecule has 7 heteroatoms. The fourth-order valence-electron chi connectivity index (χ4n) is 1.77. The first-order valence-electron chi connectivity index (χ1n) is 5.82. The van der Waals surface area contributed by atoms with Crippen LogP contribution in [0.4, 0.5) is 4.79 Å². The first-order chi connectivity index (χ1) is 8.04. The van der Waals surface area contributed by atoms with Crippen molar-refractivity contribution in [2.75, 3.05) is 39.3 Å². The van der Waals surface area contributed by atoms with Crippen LogP contribution in [0.25, 0.3) is 0 Å². The molecule has 1 unspecified atom stereocenters. The van der Waals surface area contributed by atoms with Crippen molar-refractivity contribution in [2.24, 2.45) is 0 Å². The van der Waals surface area contributed by atoms with Crippen LogP contribution in [0.3, 0.4) is 0 Å². The van der Waals surface area contributed by atoms with Gasteiger partial charge in [-0.2, -0.15) is 0 Å². The Hall–Kier alpha value is -1.37. The zero-order chi connectivity index (χ0) is 12.8. The van der Waals surface area contributed by atoms with Crippen LogP contribution < -0.4 is 0 Å². The molecule has 0 N–H and O–H groups in total. The predicted octanol–water partition coefficient (Wildman–Crippen LogP) is 0.426. The van der Waals surface area contributed by atoms with Crippen LogP contribution >= 0.6 is 0 Å². The molecular formula is C10H19N3O4. The van der Waals surface area contributed by atoms with Gasteiger partial charge in [-0.3, -0.25) is 15.0 Å². The third-order valence-corrected chi connectivity index (χ3v) is 2.78. The summed E-state index contributed by atoms with van der Waals surface area (Å²) in [5, 5.41) is 10.5. The highest BCUT2D eigenvalue weighted by Crippen LogP contribution is 2.05. The maximum Gasteiger partial charge on any atom is 0.409 e. The largest absolute Gasteiger partial charge is 0.450 e. The molecule has 0 spiro atoms. The predicted molar refractivity (Wildman–Crippen MR) is 61.5 cm³/mol. The zero-order valence-corrected chi connectivity index (χ0v) is 10.3. The number of rotatable bonds is 4. The molecule has 0 saturated carbocycles. The summed E-state index contributed by atoms with van der Waals surface area (Å²) in [6.45, 7) is 6.65. The minimum atomic E-state index is -0.566. The summed E-state index contributed by atoms with van der Waals surface area (Å²) in [4.78, 5) is 25.3. The molecule has 0 aromatic rings. The highest BCUT2D eigenvalue weighted by atomic mass is 16.6. The van der Waals surface area contributed by atoms with E-state index in [1.165, 1.54) is 0 Å². The van der Waals surface area contributed by atoms with E-state index in [9.17, 15) is 14.9 Å². The van der Waals surface area contributed by atoms with Gasteiger partial charge in [0, 0.05) is 38.0 Å². The monoisotopic (exact) mass is 245 g/mol. The Balaban J connectivity index is 2.30. The van der Waals surface area contributed by atoms with Crippen molar-refractivity contribution >= 4 is 6.09 Å². The van der Waals surface area contributed by atoms with Gasteiger partial charge in [-0.25, -0.2) is 4.79 Å². The SMILES string of the molecule is CCOC(=O)N1CCN(CC(C)[N+](=O)[O-])CC1. The van der Waals surface area contributed by atoms with Crippen LogP contribution in [0.15, 0.2) is 0 Å². The Bertz CT molecular complexity index is 277. The number of nitrogens with zero attached hydrogens (tertiary/aromatic N) is 3. The van der Waals surface area contributed by atoms with Crippen molar-refractivity contribution in [3.8, 4) is 0 Å². The number of piperazine rings is 1. The van der Waals surface area contributed by atoms with Crippen LogP contribution in [0.5, 0.6) is 0 Å². The van der Waals surface area contributed by atoms with Gasteiger partial charge in [0.2, 0.25) is 6.04 Å². The number of amides is 1. The van der Waals surface area contributed by atoms with E-state index in [4.69, 9.17) is 4.74 Å². The van der Waals surface area contributed by atoms with Gasteiger partial charge in [-0.1, -0.05) is 0 Å². The lowest BCUT2D eigenvalue weighted by molar-refractivity contribution is -0.518. The summed E-state index contributed by atoms with van der Waals surface area (Å²) in [5.41, 5.74) is 0. The molecule has 1 aliphatic heterocycles. The standard InChI is InChI=1S/C10H19N3O4/c1-3-17-10(14)12-6-4-11(5-7-12)8-9(2)13(15)16/h9H,3-8H2,1-2H3. The molecule has 1 amide bonds. The van der Waals surface area contributed by atoms with Crippen LogP contribution in [0, 0.1) is 10.1 Å². The fraction of sp³-hybridized carbons (Fsp3) is 0.900. The third-order valence-electron chi connectivity index (χ3n) is 2.78. The second-order valence-electron chi connectivity index (χ2n) is 4.12. The maximum atomic E-state index is 11.4. The Morgan fingerprint density at radius 3 is 2.47 bits per heavy atom. The molecule has 0 radical (unpaired) electrons. The van der Waals surface area contributed by atoms with E-state index in [-0.39, 0.29) is 11.0 Å². The lowest BCUT2D eigenvalue weighted by Crippen LogP contribution is -2.50. The Morgan fingerprint density at radius 1 is 1.41 bits per heavy atom. The summed E-state index contributed by atoms with van der Waals surface area (Å²) >= 11 is 0. The third kappa shape index (κ3) is 4.18. The van der Waals surface area contributed by atoms with Gasteiger partial charge in [0.25, 0.3) is 0 Å². The van der Waals surface area contributed by atoms with Crippen molar-refractivity contribution in [1.29, 1.82) is 0 Å². The smallest absolute Gasteiger partial charge is 0.409 e. The highest BCUT2D eigenvalue weighted by molar-refractivity contribution is 5.67. The van der Waals surface area contributed by atoms with Crippen LogP contribution in [-0.2, 0) is 4.74 Å². The molecule has 17 heavy (non-hydrogen) atoms. The van der Waals surface area contributed by atoms with Gasteiger partial charge < -0.3 is 9.64 Å². The molecule has 1 saturated heterocycles. The van der Waals surface area contributed by atoms with Gasteiger partial charge >= 0.3 is 6.09 Å². The van der Waals surface area contributed by atoms with Gasteiger partial charge in [0.1, 0.15) is 0 Å². The van der Waals surface area contributed by atoms with Crippen molar-refractivity contribution in [1.82, 2.24) is 9.80 Å². The van der Waals surface area contributed by atoms with Crippen molar-refractivity contribution in [3.05, 3.63) is 10.1 Å². The minimum absolute atomic E-state index is 0.280. The zero-order valence-electron chi connectivity index (χ0n) is 10.3.